The molecule has 0 aliphatic carbocycles. The van der Waals surface area contributed by atoms with Crippen molar-refractivity contribution in [2.45, 2.75) is 13.8 Å². The number of aryl methyl sites for hydroxylation is 2. The molecule has 1 heterocycles. The maximum atomic E-state index is 12.9. The zero-order valence-electron chi connectivity index (χ0n) is 21.6. The molecule has 1 aliphatic heterocycles. The molecule has 10 heteroatoms. The van der Waals surface area contributed by atoms with Gasteiger partial charge in [-0.15, -0.1) is 0 Å². The van der Waals surface area contributed by atoms with E-state index in [1.54, 1.807) is 54.6 Å². The first-order valence-electron chi connectivity index (χ1n) is 12.0. The summed E-state index contributed by atoms with van der Waals surface area (Å²) in [6.45, 7) is 3.24. The van der Waals surface area contributed by atoms with E-state index in [1.165, 1.54) is 7.11 Å². The van der Waals surface area contributed by atoms with Crippen molar-refractivity contribution in [3.05, 3.63) is 88.3 Å². The van der Waals surface area contributed by atoms with E-state index < -0.39 is 23.6 Å². The molecule has 4 rings (SSSR count). The molecule has 200 valence electrons. The van der Waals surface area contributed by atoms with Crippen LogP contribution in [0.5, 0.6) is 11.5 Å². The third-order valence-corrected chi connectivity index (χ3v) is 6.56. The van der Waals surface area contributed by atoms with E-state index in [2.05, 4.69) is 10.6 Å². The topological polar surface area (TPSA) is 114 Å². The smallest absolute Gasteiger partial charge is 0.294 e. The number of imide groups is 1. The fourth-order valence-corrected chi connectivity index (χ4v) is 4.56. The van der Waals surface area contributed by atoms with Gasteiger partial charge in [-0.25, -0.2) is 0 Å². The van der Waals surface area contributed by atoms with Crippen molar-refractivity contribution in [1.82, 2.24) is 4.90 Å². The lowest BCUT2D eigenvalue weighted by atomic mass is 10.2. The highest BCUT2D eigenvalue weighted by Crippen LogP contribution is 2.34. The first kappa shape index (κ1) is 27.5. The number of rotatable bonds is 9. The van der Waals surface area contributed by atoms with Gasteiger partial charge in [-0.05, 0) is 79.2 Å². The Balaban J connectivity index is 1.37. The van der Waals surface area contributed by atoms with Gasteiger partial charge in [0, 0.05) is 11.4 Å². The summed E-state index contributed by atoms with van der Waals surface area (Å²) in [4.78, 5) is 51.1. The lowest BCUT2D eigenvalue weighted by molar-refractivity contribution is -0.127. The molecule has 0 bridgehead atoms. The number of nitrogens with one attached hydrogen (secondary N) is 2. The lowest BCUT2D eigenvalue weighted by Gasteiger charge is -2.13. The monoisotopic (exact) mass is 545 g/mol. The fourth-order valence-electron chi connectivity index (χ4n) is 3.73. The molecule has 0 aromatic heterocycles. The number of hydrogen-bond donors (Lipinski definition) is 2. The van der Waals surface area contributed by atoms with Gasteiger partial charge in [0.25, 0.3) is 17.1 Å². The number of anilines is 2. The van der Waals surface area contributed by atoms with Crippen molar-refractivity contribution in [2.75, 3.05) is 30.9 Å². The van der Waals surface area contributed by atoms with Gasteiger partial charge in [0.05, 0.1) is 12.0 Å². The Morgan fingerprint density at radius 1 is 0.872 bits per heavy atom. The Bertz CT molecular complexity index is 1450. The van der Waals surface area contributed by atoms with Gasteiger partial charge >= 0.3 is 0 Å². The summed E-state index contributed by atoms with van der Waals surface area (Å²) in [6.07, 6.45) is 1.54. The third kappa shape index (κ3) is 7.26. The average molecular weight is 546 g/mol. The molecule has 1 saturated heterocycles. The predicted octanol–water partition coefficient (Wildman–Crippen LogP) is 5.00. The highest BCUT2D eigenvalue weighted by atomic mass is 32.2. The van der Waals surface area contributed by atoms with Crippen molar-refractivity contribution in [2.24, 2.45) is 0 Å². The van der Waals surface area contributed by atoms with Gasteiger partial charge in [0.1, 0.15) is 6.54 Å². The number of benzene rings is 3. The van der Waals surface area contributed by atoms with E-state index in [0.29, 0.717) is 28.4 Å². The van der Waals surface area contributed by atoms with Crippen LogP contribution in [0.1, 0.15) is 16.7 Å². The highest BCUT2D eigenvalue weighted by Gasteiger charge is 2.36. The maximum absolute atomic E-state index is 12.9. The zero-order chi connectivity index (χ0) is 27.9. The van der Waals surface area contributed by atoms with Crippen molar-refractivity contribution >= 4 is 52.2 Å². The van der Waals surface area contributed by atoms with E-state index in [1.807, 2.05) is 32.0 Å². The molecule has 0 atom stereocenters. The van der Waals surface area contributed by atoms with Crippen molar-refractivity contribution < 1.29 is 28.7 Å². The number of hydrogen-bond acceptors (Lipinski definition) is 7. The first-order valence-corrected chi connectivity index (χ1v) is 12.8. The third-order valence-electron chi connectivity index (χ3n) is 5.66. The lowest BCUT2D eigenvalue weighted by Crippen LogP contribution is -2.36. The van der Waals surface area contributed by atoms with Crippen LogP contribution in [-0.4, -0.2) is 48.1 Å². The van der Waals surface area contributed by atoms with Gasteiger partial charge in [-0.1, -0.05) is 35.9 Å². The maximum Gasteiger partial charge on any atom is 0.294 e. The summed E-state index contributed by atoms with van der Waals surface area (Å²) in [5, 5.41) is 4.93. The number of thioether (sulfide) groups is 1. The van der Waals surface area contributed by atoms with Crippen LogP contribution < -0.4 is 20.1 Å². The molecule has 4 amide bonds. The predicted molar refractivity (Wildman–Crippen MR) is 151 cm³/mol. The molecule has 1 fully saturated rings. The largest absolute Gasteiger partial charge is 0.493 e. The number of carbonyl (C=O) groups is 4. The van der Waals surface area contributed by atoms with Crippen LogP contribution in [-0.2, 0) is 14.4 Å². The zero-order valence-corrected chi connectivity index (χ0v) is 22.5. The highest BCUT2D eigenvalue weighted by molar-refractivity contribution is 8.18. The van der Waals surface area contributed by atoms with Crippen LogP contribution in [0.15, 0.2) is 71.6 Å². The molecule has 0 radical (unpaired) electrons. The second-order valence-corrected chi connectivity index (χ2v) is 9.79. The minimum Gasteiger partial charge on any atom is -0.493 e. The van der Waals surface area contributed by atoms with Gasteiger partial charge in [0.15, 0.2) is 18.1 Å². The summed E-state index contributed by atoms with van der Waals surface area (Å²) in [6, 6.07) is 19.6. The number of ether oxygens (including phenoxy) is 2. The average Bonchev–Trinajstić information content (AvgIpc) is 3.16. The summed E-state index contributed by atoms with van der Waals surface area (Å²) in [5.41, 5.74) is 3.89. The molecule has 2 N–H and O–H groups in total. The molecule has 3 aromatic rings. The number of carbonyl (C=O) groups excluding carboxylic acids is 4. The molecule has 0 spiro atoms. The summed E-state index contributed by atoms with van der Waals surface area (Å²) < 4.78 is 11.0. The summed E-state index contributed by atoms with van der Waals surface area (Å²) in [7, 11) is 1.46. The van der Waals surface area contributed by atoms with Crippen LogP contribution in [0.25, 0.3) is 6.08 Å². The van der Waals surface area contributed by atoms with Gasteiger partial charge in [0.2, 0.25) is 5.91 Å². The van der Waals surface area contributed by atoms with Crippen molar-refractivity contribution in [3.63, 3.8) is 0 Å². The van der Waals surface area contributed by atoms with Crippen LogP contribution in [0, 0.1) is 13.8 Å². The van der Waals surface area contributed by atoms with Crippen molar-refractivity contribution in [3.8, 4) is 11.5 Å². The molecular weight excluding hydrogens is 518 g/mol. The van der Waals surface area contributed by atoms with Gasteiger partial charge < -0.3 is 20.1 Å². The Kier molecular flexibility index (Phi) is 8.67. The van der Waals surface area contributed by atoms with Crippen LogP contribution in [0.3, 0.4) is 0 Å². The standard InChI is InChI=1S/C29H27N3O6S/c1-18-7-10-21(11-8-18)30-27(34)17-38-23-12-9-20(14-24(23)37-3)15-25-28(35)32(29(36)39-25)16-26(33)31-22-6-4-5-19(2)13-22/h4-15H,16-17H2,1-3H3,(H,30,34)(H,31,33)/b25-15+. The Hall–Kier alpha value is -4.57. The summed E-state index contributed by atoms with van der Waals surface area (Å²) in [5.74, 6) is -0.668. The minimum atomic E-state index is -0.559. The molecule has 1 aliphatic rings. The minimum absolute atomic E-state index is 0.177. The van der Waals surface area contributed by atoms with Crippen LogP contribution in [0.4, 0.5) is 16.2 Å². The first-order chi connectivity index (χ1) is 18.7. The Labute approximate surface area is 230 Å². The molecule has 3 aromatic carbocycles. The molecule has 9 nitrogen and oxygen atoms in total. The van der Waals surface area contributed by atoms with E-state index >= 15 is 0 Å². The quantitative estimate of drug-likeness (QED) is 0.364. The molecule has 0 saturated carbocycles. The van der Waals surface area contributed by atoms with E-state index in [9.17, 15) is 19.2 Å². The Morgan fingerprint density at radius 3 is 2.33 bits per heavy atom. The normalized spacial score (nSPS) is 13.9. The SMILES string of the molecule is COc1cc(/C=C2/SC(=O)N(CC(=O)Nc3cccc(C)c3)C2=O)ccc1OCC(=O)Nc1ccc(C)cc1. The number of methoxy groups -OCH3 is 1. The van der Waals surface area contributed by atoms with Crippen LogP contribution >= 0.6 is 11.8 Å². The van der Waals surface area contributed by atoms with Crippen LogP contribution in [0.2, 0.25) is 0 Å². The molecular formula is C29H27N3O6S. The van der Waals surface area contributed by atoms with E-state index in [4.69, 9.17) is 9.47 Å². The van der Waals surface area contributed by atoms with Gasteiger partial charge in [-0.2, -0.15) is 0 Å². The number of nitrogens with zero attached hydrogens (tertiary/aromatic N) is 1. The van der Waals surface area contributed by atoms with Gasteiger partial charge in [-0.3, -0.25) is 24.1 Å². The summed E-state index contributed by atoms with van der Waals surface area (Å²) >= 11 is 0.754. The Morgan fingerprint density at radius 2 is 1.62 bits per heavy atom. The fraction of sp³-hybridized carbons (Fsp3) is 0.172. The molecule has 0 unspecified atom stereocenters. The van der Waals surface area contributed by atoms with E-state index in [0.717, 1.165) is 27.8 Å². The van der Waals surface area contributed by atoms with E-state index in [-0.39, 0.29) is 17.4 Å². The van der Waals surface area contributed by atoms with Crippen molar-refractivity contribution in [1.29, 1.82) is 0 Å². The second-order valence-electron chi connectivity index (χ2n) is 8.80. The second kappa shape index (κ2) is 12.3. The number of amides is 4. The molecule has 39 heavy (non-hydrogen) atoms.